The van der Waals surface area contributed by atoms with E-state index in [1.165, 1.54) is 12.1 Å². The summed E-state index contributed by atoms with van der Waals surface area (Å²) in [6.45, 7) is 0.549. The lowest BCUT2D eigenvalue weighted by molar-refractivity contribution is -0.126. The first kappa shape index (κ1) is 17.9. The lowest BCUT2D eigenvalue weighted by Crippen LogP contribution is -2.32. The van der Waals surface area contributed by atoms with Gasteiger partial charge in [0.05, 0.1) is 12.5 Å². The molecule has 1 N–H and O–H groups in total. The smallest absolute Gasteiger partial charge is 0.227 e. The molecule has 142 valence electrons. The number of nitrogens with zero attached hydrogens (tertiary/aromatic N) is 2. The summed E-state index contributed by atoms with van der Waals surface area (Å²) in [4.78, 5) is 26.3. The van der Waals surface area contributed by atoms with Crippen LogP contribution < -0.4 is 10.2 Å². The highest BCUT2D eigenvalue weighted by Gasteiger charge is 2.34. The molecule has 4 rings (SSSR count). The molecule has 2 heterocycles. The average molecular weight is 379 g/mol. The van der Waals surface area contributed by atoms with Gasteiger partial charge in [-0.3, -0.25) is 9.59 Å². The van der Waals surface area contributed by atoms with Gasteiger partial charge in [-0.15, -0.1) is 0 Å². The molecule has 2 aromatic carbocycles. The molecule has 1 aromatic heterocycles. The minimum atomic E-state index is -0.406. The number of hydrogen-bond donors (Lipinski definition) is 1. The Kier molecular flexibility index (Phi) is 4.89. The SMILES string of the molecule is O=C(NCc1cc(-c2ccc(F)cc2)on1)[C@H]1CC(=O)N(c2ccccc2)C1. The van der Waals surface area contributed by atoms with Crippen LogP contribution in [0.4, 0.5) is 10.1 Å². The Morgan fingerprint density at radius 2 is 1.93 bits per heavy atom. The van der Waals surface area contributed by atoms with Gasteiger partial charge in [0.15, 0.2) is 5.76 Å². The number of anilines is 1. The molecular weight excluding hydrogens is 361 g/mol. The summed E-state index contributed by atoms with van der Waals surface area (Å²) in [5, 5.41) is 6.74. The molecule has 0 saturated carbocycles. The monoisotopic (exact) mass is 379 g/mol. The highest BCUT2D eigenvalue weighted by Crippen LogP contribution is 2.25. The van der Waals surface area contributed by atoms with Gasteiger partial charge in [0.1, 0.15) is 11.5 Å². The molecule has 7 heteroatoms. The lowest BCUT2D eigenvalue weighted by Gasteiger charge is -2.16. The Bertz CT molecular complexity index is 986. The average Bonchev–Trinajstić information content (AvgIpc) is 3.34. The third-order valence-corrected chi connectivity index (χ3v) is 4.70. The van der Waals surface area contributed by atoms with E-state index < -0.39 is 5.92 Å². The van der Waals surface area contributed by atoms with E-state index in [1.54, 1.807) is 23.1 Å². The Labute approximate surface area is 160 Å². The van der Waals surface area contributed by atoms with Crippen LogP contribution in [0.5, 0.6) is 0 Å². The van der Waals surface area contributed by atoms with Crippen molar-refractivity contribution in [1.29, 1.82) is 0 Å². The summed E-state index contributed by atoms with van der Waals surface area (Å²) >= 11 is 0. The number of nitrogens with one attached hydrogen (secondary N) is 1. The second-order valence-electron chi connectivity index (χ2n) is 6.65. The number of amides is 2. The fraction of sp³-hybridized carbons (Fsp3) is 0.190. The van der Waals surface area contributed by atoms with Gasteiger partial charge in [-0.1, -0.05) is 23.4 Å². The quantitative estimate of drug-likeness (QED) is 0.739. The lowest BCUT2D eigenvalue weighted by atomic mass is 10.1. The molecule has 0 unspecified atom stereocenters. The van der Waals surface area contributed by atoms with E-state index in [0.29, 0.717) is 23.6 Å². The molecule has 1 fully saturated rings. The van der Waals surface area contributed by atoms with Crippen molar-refractivity contribution in [2.75, 3.05) is 11.4 Å². The molecule has 0 bridgehead atoms. The van der Waals surface area contributed by atoms with Crippen molar-refractivity contribution in [2.24, 2.45) is 5.92 Å². The predicted molar refractivity (Wildman–Crippen MR) is 101 cm³/mol. The molecular formula is C21H18FN3O3. The van der Waals surface area contributed by atoms with Crippen molar-refractivity contribution in [3.63, 3.8) is 0 Å². The maximum atomic E-state index is 13.0. The van der Waals surface area contributed by atoms with Crippen molar-refractivity contribution < 1.29 is 18.5 Å². The first-order valence-electron chi connectivity index (χ1n) is 8.95. The van der Waals surface area contributed by atoms with Crippen LogP contribution in [-0.4, -0.2) is 23.5 Å². The van der Waals surface area contributed by atoms with Crippen molar-refractivity contribution >= 4 is 17.5 Å². The van der Waals surface area contributed by atoms with Gasteiger partial charge in [0.25, 0.3) is 0 Å². The number of hydrogen-bond acceptors (Lipinski definition) is 4. The zero-order valence-electron chi connectivity index (χ0n) is 15.0. The zero-order valence-corrected chi connectivity index (χ0v) is 15.0. The van der Waals surface area contributed by atoms with E-state index in [9.17, 15) is 14.0 Å². The number of aromatic nitrogens is 1. The Morgan fingerprint density at radius 3 is 2.68 bits per heavy atom. The molecule has 0 spiro atoms. The Hall–Kier alpha value is -3.48. The van der Waals surface area contributed by atoms with Gasteiger partial charge in [0.2, 0.25) is 11.8 Å². The van der Waals surface area contributed by atoms with Crippen molar-refractivity contribution in [1.82, 2.24) is 10.5 Å². The second-order valence-corrected chi connectivity index (χ2v) is 6.65. The van der Waals surface area contributed by atoms with Crippen LogP contribution in [0.2, 0.25) is 0 Å². The minimum absolute atomic E-state index is 0.0635. The molecule has 2 amide bonds. The number of rotatable bonds is 5. The molecule has 0 radical (unpaired) electrons. The van der Waals surface area contributed by atoms with Gasteiger partial charge in [-0.2, -0.15) is 0 Å². The maximum absolute atomic E-state index is 13.0. The zero-order chi connectivity index (χ0) is 19.5. The summed E-state index contributed by atoms with van der Waals surface area (Å²) in [6, 6.07) is 16.9. The number of carbonyl (C=O) groups is 2. The molecule has 1 aliphatic rings. The van der Waals surface area contributed by atoms with E-state index in [0.717, 1.165) is 5.69 Å². The minimum Gasteiger partial charge on any atom is -0.356 e. The van der Waals surface area contributed by atoms with E-state index in [2.05, 4.69) is 10.5 Å². The summed E-state index contributed by atoms with van der Waals surface area (Å²) < 4.78 is 18.3. The molecule has 1 atom stereocenters. The van der Waals surface area contributed by atoms with Crippen LogP contribution in [0.3, 0.4) is 0 Å². The highest BCUT2D eigenvalue weighted by molar-refractivity contribution is 6.00. The fourth-order valence-electron chi connectivity index (χ4n) is 3.21. The standard InChI is InChI=1S/C21H18FN3O3/c22-16-8-6-14(7-9-16)19-11-17(24-28-19)12-23-21(27)15-10-20(26)25(13-15)18-4-2-1-3-5-18/h1-9,11,15H,10,12-13H2,(H,23,27)/t15-/m0/s1. The van der Waals surface area contributed by atoms with E-state index >= 15 is 0 Å². The first-order chi connectivity index (χ1) is 13.6. The van der Waals surface area contributed by atoms with Crippen molar-refractivity contribution in [3.05, 3.63) is 72.2 Å². The Morgan fingerprint density at radius 1 is 1.18 bits per heavy atom. The molecule has 3 aromatic rings. The van der Waals surface area contributed by atoms with E-state index in [1.807, 2.05) is 30.3 Å². The van der Waals surface area contributed by atoms with Gasteiger partial charge in [0, 0.05) is 30.3 Å². The Balaban J connectivity index is 1.35. The molecule has 1 saturated heterocycles. The molecule has 6 nitrogen and oxygen atoms in total. The van der Waals surface area contributed by atoms with E-state index in [4.69, 9.17) is 4.52 Å². The van der Waals surface area contributed by atoms with Crippen LogP contribution >= 0.6 is 0 Å². The highest BCUT2D eigenvalue weighted by atomic mass is 19.1. The van der Waals surface area contributed by atoms with Gasteiger partial charge in [-0.25, -0.2) is 4.39 Å². The van der Waals surface area contributed by atoms with Crippen LogP contribution in [0.15, 0.2) is 65.2 Å². The summed E-state index contributed by atoms with van der Waals surface area (Å²) in [7, 11) is 0. The number of para-hydroxylation sites is 1. The third kappa shape index (κ3) is 3.78. The first-order valence-corrected chi connectivity index (χ1v) is 8.95. The van der Waals surface area contributed by atoms with Crippen LogP contribution in [0.1, 0.15) is 12.1 Å². The second kappa shape index (κ2) is 7.64. The number of benzene rings is 2. The fourth-order valence-corrected chi connectivity index (χ4v) is 3.21. The summed E-state index contributed by atoms with van der Waals surface area (Å²) in [5.41, 5.74) is 2.05. The number of halogens is 1. The molecule has 28 heavy (non-hydrogen) atoms. The van der Waals surface area contributed by atoms with Crippen molar-refractivity contribution in [3.8, 4) is 11.3 Å². The van der Waals surface area contributed by atoms with E-state index in [-0.39, 0.29) is 30.6 Å². The van der Waals surface area contributed by atoms with Gasteiger partial charge in [-0.05, 0) is 36.4 Å². The largest absolute Gasteiger partial charge is 0.356 e. The molecule has 0 aliphatic carbocycles. The predicted octanol–water partition coefficient (Wildman–Crippen LogP) is 3.15. The van der Waals surface area contributed by atoms with Crippen LogP contribution in [0.25, 0.3) is 11.3 Å². The molecule has 1 aliphatic heterocycles. The summed E-state index contributed by atoms with van der Waals surface area (Å²) in [6.07, 6.45) is 0.181. The normalized spacial score (nSPS) is 16.4. The van der Waals surface area contributed by atoms with Crippen LogP contribution in [-0.2, 0) is 16.1 Å². The van der Waals surface area contributed by atoms with Crippen molar-refractivity contribution in [2.45, 2.75) is 13.0 Å². The third-order valence-electron chi connectivity index (χ3n) is 4.70. The van der Waals surface area contributed by atoms with Crippen LogP contribution in [0, 0.1) is 11.7 Å². The topological polar surface area (TPSA) is 75.4 Å². The summed E-state index contributed by atoms with van der Waals surface area (Å²) in [5.74, 6) is -0.498. The maximum Gasteiger partial charge on any atom is 0.227 e. The van der Waals surface area contributed by atoms with Gasteiger partial charge >= 0.3 is 0 Å². The van der Waals surface area contributed by atoms with Gasteiger partial charge < -0.3 is 14.7 Å². The number of carbonyl (C=O) groups excluding carboxylic acids is 2.